The topological polar surface area (TPSA) is 98.2 Å². The number of carbonyl (C=O) groups is 2. The second kappa shape index (κ2) is 11.1. The molecule has 1 saturated heterocycles. The maximum atomic E-state index is 12.5. The van der Waals surface area contributed by atoms with Crippen molar-refractivity contribution in [3.8, 4) is 16.9 Å². The number of ether oxygens (including phenoxy) is 1. The van der Waals surface area contributed by atoms with Gasteiger partial charge in [0.15, 0.2) is 0 Å². The zero-order valence-corrected chi connectivity index (χ0v) is 18.6. The number of benzene rings is 1. The maximum Gasteiger partial charge on any atom is 0.573 e. The van der Waals surface area contributed by atoms with Gasteiger partial charge in [0.1, 0.15) is 18.1 Å². The molecule has 1 fully saturated rings. The van der Waals surface area contributed by atoms with Gasteiger partial charge in [-0.2, -0.15) is 0 Å². The van der Waals surface area contributed by atoms with E-state index in [1.807, 2.05) is 6.07 Å². The number of alkyl halides is 3. The Labute approximate surface area is 194 Å². The summed E-state index contributed by atoms with van der Waals surface area (Å²) in [6.45, 7) is 3.31. The van der Waals surface area contributed by atoms with Crippen LogP contribution in [0.4, 0.5) is 23.8 Å². The van der Waals surface area contributed by atoms with Crippen LogP contribution in [-0.2, 0) is 4.79 Å². The van der Waals surface area contributed by atoms with Gasteiger partial charge in [-0.15, -0.1) is 13.2 Å². The van der Waals surface area contributed by atoms with Crippen molar-refractivity contribution in [2.75, 3.05) is 57.8 Å². The Kier molecular flexibility index (Phi) is 8.16. The summed E-state index contributed by atoms with van der Waals surface area (Å²) in [5, 5.41) is 11.7. The Morgan fingerprint density at radius 2 is 1.88 bits per heavy atom. The van der Waals surface area contributed by atoms with Crippen molar-refractivity contribution in [3.63, 3.8) is 0 Å². The molecule has 1 aromatic heterocycles. The van der Waals surface area contributed by atoms with Gasteiger partial charge in [-0.3, -0.25) is 14.6 Å². The Balaban J connectivity index is 1.53. The first kappa shape index (κ1) is 25.1. The van der Waals surface area contributed by atoms with Crippen molar-refractivity contribution in [2.45, 2.75) is 6.36 Å². The smallest absolute Gasteiger partial charge is 0.465 e. The van der Waals surface area contributed by atoms with Crippen molar-refractivity contribution in [1.29, 1.82) is 0 Å². The number of piperazine rings is 1. The molecule has 1 aromatic carbocycles. The molecule has 0 aliphatic carbocycles. The molecule has 1 aliphatic heterocycles. The molecule has 9 nitrogen and oxygen atoms in total. The molecule has 1 aliphatic rings. The molecule has 2 N–H and O–H groups in total. The van der Waals surface area contributed by atoms with Gasteiger partial charge in [0, 0.05) is 58.1 Å². The molecule has 3 rings (SSSR count). The fraction of sp³-hybridized carbons (Fsp3) is 0.409. The van der Waals surface area contributed by atoms with E-state index in [-0.39, 0.29) is 24.7 Å². The number of hydrogen-bond donors (Lipinski definition) is 2. The fourth-order valence-corrected chi connectivity index (χ4v) is 3.57. The Morgan fingerprint density at radius 3 is 2.47 bits per heavy atom. The van der Waals surface area contributed by atoms with E-state index < -0.39 is 12.5 Å². The molecule has 2 aromatic rings. The highest BCUT2D eigenvalue weighted by atomic mass is 19.4. The van der Waals surface area contributed by atoms with Crippen LogP contribution in [0.1, 0.15) is 0 Å². The van der Waals surface area contributed by atoms with Crippen LogP contribution in [-0.4, -0.2) is 91.1 Å². The van der Waals surface area contributed by atoms with Crippen LogP contribution in [0.5, 0.6) is 5.75 Å². The van der Waals surface area contributed by atoms with Crippen LogP contribution in [0.25, 0.3) is 11.1 Å². The van der Waals surface area contributed by atoms with Gasteiger partial charge in [-0.25, -0.2) is 9.78 Å². The number of aromatic nitrogens is 1. The number of likely N-dealkylation sites (N-methyl/N-ethyl adjacent to an activating group) is 1. The Bertz CT molecular complexity index is 979. The number of amides is 2. The van der Waals surface area contributed by atoms with E-state index in [2.05, 4.69) is 24.8 Å². The number of nitrogens with one attached hydrogen (secondary N) is 1. The largest absolute Gasteiger partial charge is 0.573 e. The van der Waals surface area contributed by atoms with Gasteiger partial charge >= 0.3 is 12.5 Å². The highest BCUT2D eigenvalue weighted by molar-refractivity contribution is 5.81. The molecule has 0 saturated carbocycles. The molecule has 0 spiro atoms. The second-order valence-electron chi connectivity index (χ2n) is 7.69. The molecule has 2 heterocycles. The fourth-order valence-electron chi connectivity index (χ4n) is 3.57. The third-order valence-corrected chi connectivity index (χ3v) is 5.42. The van der Waals surface area contributed by atoms with E-state index in [0.29, 0.717) is 43.9 Å². The number of halogens is 3. The summed E-state index contributed by atoms with van der Waals surface area (Å²) >= 11 is 0. The predicted octanol–water partition coefficient (Wildman–Crippen LogP) is 2.50. The number of carboxylic acid groups (broad SMARTS) is 1. The zero-order chi connectivity index (χ0) is 24.7. The molecule has 184 valence electrons. The van der Waals surface area contributed by atoms with Gasteiger partial charge in [0.2, 0.25) is 5.91 Å². The summed E-state index contributed by atoms with van der Waals surface area (Å²) in [4.78, 5) is 32.5. The summed E-state index contributed by atoms with van der Waals surface area (Å²) in [7, 11) is 1.46. The maximum absolute atomic E-state index is 12.5. The first-order chi connectivity index (χ1) is 16.1. The quantitative estimate of drug-likeness (QED) is 0.598. The molecule has 2 amide bonds. The molecule has 0 atom stereocenters. The second-order valence-corrected chi connectivity index (χ2v) is 7.69. The van der Waals surface area contributed by atoms with Crippen LogP contribution < -0.4 is 15.0 Å². The van der Waals surface area contributed by atoms with Crippen molar-refractivity contribution in [2.24, 2.45) is 0 Å². The summed E-state index contributed by atoms with van der Waals surface area (Å²) in [5.41, 5.74) is 1.23. The van der Waals surface area contributed by atoms with Gasteiger partial charge in [0.05, 0.1) is 0 Å². The molecular formula is C22H26F3N5O4. The summed E-state index contributed by atoms with van der Waals surface area (Å²) < 4.78 is 41.4. The van der Waals surface area contributed by atoms with Crippen LogP contribution in [0.2, 0.25) is 0 Å². The van der Waals surface area contributed by atoms with E-state index in [9.17, 15) is 27.9 Å². The lowest BCUT2D eigenvalue weighted by Gasteiger charge is -2.36. The lowest BCUT2D eigenvalue weighted by Crippen LogP contribution is -2.50. The van der Waals surface area contributed by atoms with Crippen molar-refractivity contribution < 1.29 is 32.6 Å². The number of rotatable bonds is 8. The predicted molar refractivity (Wildman–Crippen MR) is 119 cm³/mol. The van der Waals surface area contributed by atoms with Crippen molar-refractivity contribution in [3.05, 3.63) is 42.6 Å². The average molecular weight is 481 g/mol. The minimum Gasteiger partial charge on any atom is -0.465 e. The molecule has 12 heteroatoms. The normalized spacial score (nSPS) is 14.5. The number of hydrogen-bond acceptors (Lipinski definition) is 6. The van der Waals surface area contributed by atoms with E-state index in [0.717, 1.165) is 10.7 Å². The molecule has 34 heavy (non-hydrogen) atoms. The monoisotopic (exact) mass is 481 g/mol. The summed E-state index contributed by atoms with van der Waals surface area (Å²) in [5.74, 6) is 0.0983. The first-order valence-corrected chi connectivity index (χ1v) is 10.6. The van der Waals surface area contributed by atoms with Crippen molar-refractivity contribution >= 4 is 17.8 Å². The van der Waals surface area contributed by atoms with Crippen LogP contribution >= 0.6 is 0 Å². The summed E-state index contributed by atoms with van der Waals surface area (Å²) in [6, 6.07) is 9.34. The van der Waals surface area contributed by atoms with Gasteiger partial charge in [0.25, 0.3) is 0 Å². The van der Waals surface area contributed by atoms with E-state index in [1.54, 1.807) is 18.3 Å². The SMILES string of the molecule is CNC(=O)CN(CCN1CCN(c2ccc(-c3cccc(OC(F)(F)F)c3)cn2)CC1)C(=O)O. The standard InChI is InChI=1S/C22H26F3N5O4/c1-26-20(31)15-30(21(32)33)12-9-28-7-10-29(11-8-28)19-6-5-17(14-27-19)16-3-2-4-18(13-16)34-22(23,24)25/h2-6,13-14H,7-12,15H2,1H3,(H,26,31)(H,32,33). The van der Waals surface area contributed by atoms with E-state index in [1.165, 1.54) is 25.2 Å². The molecular weight excluding hydrogens is 455 g/mol. The van der Waals surface area contributed by atoms with E-state index >= 15 is 0 Å². The third kappa shape index (κ3) is 7.24. The number of anilines is 1. The average Bonchev–Trinajstić information content (AvgIpc) is 2.81. The van der Waals surface area contributed by atoms with Crippen LogP contribution in [0, 0.1) is 0 Å². The van der Waals surface area contributed by atoms with Crippen LogP contribution in [0.15, 0.2) is 42.6 Å². The van der Waals surface area contributed by atoms with Gasteiger partial charge < -0.3 is 20.1 Å². The van der Waals surface area contributed by atoms with Gasteiger partial charge in [-0.05, 0) is 29.8 Å². The Morgan fingerprint density at radius 1 is 1.15 bits per heavy atom. The van der Waals surface area contributed by atoms with Gasteiger partial charge in [-0.1, -0.05) is 12.1 Å². The Hall–Kier alpha value is -3.54. The molecule has 0 unspecified atom stereocenters. The number of pyridine rings is 1. The lowest BCUT2D eigenvalue weighted by molar-refractivity contribution is -0.274. The minimum atomic E-state index is -4.75. The zero-order valence-electron chi connectivity index (χ0n) is 18.6. The van der Waals surface area contributed by atoms with Crippen molar-refractivity contribution in [1.82, 2.24) is 20.1 Å². The third-order valence-electron chi connectivity index (χ3n) is 5.42. The van der Waals surface area contributed by atoms with Crippen LogP contribution in [0.3, 0.4) is 0 Å². The minimum absolute atomic E-state index is 0.201. The first-order valence-electron chi connectivity index (χ1n) is 10.6. The van der Waals surface area contributed by atoms with E-state index in [4.69, 9.17) is 0 Å². The number of nitrogens with zero attached hydrogens (tertiary/aromatic N) is 4. The molecule has 0 bridgehead atoms. The highest BCUT2D eigenvalue weighted by Gasteiger charge is 2.31. The number of carbonyl (C=O) groups excluding carboxylic acids is 1. The summed E-state index contributed by atoms with van der Waals surface area (Å²) in [6.07, 6.45) is -4.28. The molecule has 0 radical (unpaired) electrons. The lowest BCUT2D eigenvalue weighted by atomic mass is 10.1. The highest BCUT2D eigenvalue weighted by Crippen LogP contribution is 2.28.